The van der Waals surface area contributed by atoms with Gasteiger partial charge in [-0.2, -0.15) is 0 Å². The second-order valence-corrected chi connectivity index (χ2v) is 8.09. The zero-order valence-electron chi connectivity index (χ0n) is 17.0. The molecule has 4 aromatic rings. The maximum Gasteiger partial charge on any atom is 0.122 e. The van der Waals surface area contributed by atoms with Gasteiger partial charge >= 0.3 is 0 Å². The maximum atomic E-state index is 6.03. The number of benzene rings is 2. The Kier molecular flexibility index (Phi) is 5.03. The fraction of sp³-hybridized carbons (Fsp3) is 0.333. The number of nitrogens with zero attached hydrogens (tertiary/aromatic N) is 3. The van der Waals surface area contributed by atoms with Crippen molar-refractivity contribution in [2.75, 3.05) is 0 Å². The van der Waals surface area contributed by atoms with Crippen LogP contribution in [-0.2, 0) is 13.2 Å². The Labute approximate surface area is 166 Å². The summed E-state index contributed by atoms with van der Waals surface area (Å²) in [6.45, 7) is 10.3. The van der Waals surface area contributed by atoms with Gasteiger partial charge in [-0.25, -0.2) is 9.97 Å². The van der Waals surface area contributed by atoms with Crippen LogP contribution >= 0.6 is 0 Å². The first-order valence-electron chi connectivity index (χ1n) is 9.98. The third kappa shape index (κ3) is 3.59. The van der Waals surface area contributed by atoms with Crippen molar-refractivity contribution in [3.05, 3.63) is 66.1 Å². The van der Waals surface area contributed by atoms with Gasteiger partial charge in [0.2, 0.25) is 0 Å². The van der Waals surface area contributed by atoms with Crippen molar-refractivity contribution in [1.82, 2.24) is 14.5 Å². The lowest BCUT2D eigenvalue weighted by molar-refractivity contribution is 0.306. The Morgan fingerprint density at radius 2 is 1.79 bits per heavy atom. The summed E-state index contributed by atoms with van der Waals surface area (Å²) in [5.41, 5.74) is 5.36. The third-order valence-corrected chi connectivity index (χ3v) is 4.90. The van der Waals surface area contributed by atoms with Crippen molar-refractivity contribution < 1.29 is 4.74 Å². The first kappa shape index (κ1) is 18.5. The normalized spacial score (nSPS) is 11.8. The van der Waals surface area contributed by atoms with Gasteiger partial charge in [0.05, 0.1) is 23.1 Å². The average Bonchev–Trinajstić information content (AvgIpc) is 3.09. The summed E-state index contributed by atoms with van der Waals surface area (Å²) in [5, 5.41) is 1.13. The lowest BCUT2D eigenvalue weighted by Crippen LogP contribution is -2.04. The van der Waals surface area contributed by atoms with Gasteiger partial charge in [0.15, 0.2) is 0 Å². The molecule has 4 heteroatoms. The van der Waals surface area contributed by atoms with Crippen LogP contribution in [0.15, 0.2) is 54.9 Å². The number of ether oxygens (including phenoxy) is 1. The van der Waals surface area contributed by atoms with E-state index in [2.05, 4.69) is 56.5 Å². The Morgan fingerprint density at radius 3 is 2.50 bits per heavy atom. The Bertz CT molecular complexity index is 1100. The molecule has 28 heavy (non-hydrogen) atoms. The summed E-state index contributed by atoms with van der Waals surface area (Å²) in [6.07, 6.45) is 1.96. The molecule has 0 aliphatic rings. The van der Waals surface area contributed by atoms with E-state index < -0.39 is 0 Å². The van der Waals surface area contributed by atoms with E-state index in [-0.39, 0.29) is 0 Å². The van der Waals surface area contributed by atoms with E-state index in [0.717, 1.165) is 40.0 Å². The standard InChI is InChI=1S/C24H27N3O/c1-16(2)13-27-15-25-23-22(17(3)4)26-21-12-19(10-11-20(21)24(23)27)28-14-18-8-6-5-7-9-18/h5-12,15-17H,13-14H2,1-4H3. The molecule has 0 atom stereocenters. The molecule has 0 radical (unpaired) electrons. The first-order valence-corrected chi connectivity index (χ1v) is 9.98. The van der Waals surface area contributed by atoms with Crippen molar-refractivity contribution in [1.29, 1.82) is 0 Å². The van der Waals surface area contributed by atoms with Gasteiger partial charge in [0.25, 0.3) is 0 Å². The van der Waals surface area contributed by atoms with Gasteiger partial charge in [-0.05, 0) is 29.5 Å². The quantitative estimate of drug-likeness (QED) is 0.420. The van der Waals surface area contributed by atoms with Crippen LogP contribution in [-0.4, -0.2) is 14.5 Å². The van der Waals surface area contributed by atoms with Crippen molar-refractivity contribution in [2.24, 2.45) is 5.92 Å². The second-order valence-electron chi connectivity index (χ2n) is 8.09. The van der Waals surface area contributed by atoms with Gasteiger partial charge in [0.1, 0.15) is 17.9 Å². The third-order valence-electron chi connectivity index (χ3n) is 4.90. The van der Waals surface area contributed by atoms with E-state index in [9.17, 15) is 0 Å². The van der Waals surface area contributed by atoms with Crippen molar-refractivity contribution >= 4 is 21.9 Å². The molecule has 0 aliphatic heterocycles. The molecular formula is C24H27N3O. The van der Waals surface area contributed by atoms with Crippen LogP contribution in [0.5, 0.6) is 5.75 Å². The number of imidazole rings is 1. The molecule has 0 amide bonds. The minimum absolute atomic E-state index is 0.309. The van der Waals surface area contributed by atoms with Gasteiger partial charge < -0.3 is 9.30 Å². The Balaban J connectivity index is 1.78. The van der Waals surface area contributed by atoms with Gasteiger partial charge in [0, 0.05) is 18.0 Å². The second kappa shape index (κ2) is 7.63. The molecule has 144 valence electrons. The van der Waals surface area contributed by atoms with E-state index in [0.29, 0.717) is 18.4 Å². The van der Waals surface area contributed by atoms with Crippen molar-refractivity contribution in [3.8, 4) is 5.75 Å². The molecule has 2 aromatic carbocycles. The van der Waals surface area contributed by atoms with Crippen LogP contribution in [0.25, 0.3) is 21.9 Å². The van der Waals surface area contributed by atoms with Crippen LogP contribution in [0.1, 0.15) is 44.9 Å². The summed E-state index contributed by atoms with van der Waals surface area (Å²) < 4.78 is 8.29. The summed E-state index contributed by atoms with van der Waals surface area (Å²) in [5.74, 6) is 1.70. The topological polar surface area (TPSA) is 39.9 Å². The number of aromatic nitrogens is 3. The lowest BCUT2D eigenvalue weighted by atomic mass is 10.0. The highest BCUT2D eigenvalue weighted by Gasteiger charge is 2.17. The molecule has 2 heterocycles. The summed E-state index contributed by atoms with van der Waals surface area (Å²) in [7, 11) is 0. The van der Waals surface area contributed by atoms with E-state index in [1.165, 1.54) is 5.52 Å². The number of hydrogen-bond acceptors (Lipinski definition) is 3. The SMILES string of the molecule is CC(C)Cn1cnc2c(C(C)C)nc3cc(OCc4ccccc4)ccc3c21. The van der Waals surface area contributed by atoms with E-state index in [1.54, 1.807) is 0 Å². The zero-order valence-corrected chi connectivity index (χ0v) is 17.0. The zero-order chi connectivity index (χ0) is 19.7. The minimum atomic E-state index is 0.309. The summed E-state index contributed by atoms with van der Waals surface area (Å²) >= 11 is 0. The van der Waals surface area contributed by atoms with Gasteiger partial charge in [-0.1, -0.05) is 58.0 Å². The van der Waals surface area contributed by atoms with Gasteiger partial charge in [-0.3, -0.25) is 0 Å². The fourth-order valence-corrected chi connectivity index (χ4v) is 3.60. The van der Waals surface area contributed by atoms with Crippen LogP contribution in [0.3, 0.4) is 0 Å². The van der Waals surface area contributed by atoms with Gasteiger partial charge in [-0.15, -0.1) is 0 Å². The number of rotatable bonds is 6. The molecule has 0 spiro atoms. The number of pyridine rings is 1. The Hall–Kier alpha value is -2.88. The molecule has 0 aliphatic carbocycles. The molecule has 0 fully saturated rings. The molecule has 4 nitrogen and oxygen atoms in total. The highest BCUT2D eigenvalue weighted by Crippen LogP contribution is 2.32. The minimum Gasteiger partial charge on any atom is -0.489 e. The summed E-state index contributed by atoms with van der Waals surface area (Å²) in [4.78, 5) is 9.67. The van der Waals surface area contributed by atoms with Crippen molar-refractivity contribution in [2.45, 2.75) is 46.8 Å². The molecule has 0 unspecified atom stereocenters. The molecule has 0 N–H and O–H groups in total. The predicted molar refractivity (Wildman–Crippen MR) is 115 cm³/mol. The highest BCUT2D eigenvalue weighted by atomic mass is 16.5. The molecule has 4 rings (SSSR count). The smallest absolute Gasteiger partial charge is 0.122 e. The van der Waals surface area contributed by atoms with Crippen LogP contribution < -0.4 is 4.74 Å². The largest absolute Gasteiger partial charge is 0.489 e. The number of fused-ring (bicyclic) bond motifs is 3. The number of hydrogen-bond donors (Lipinski definition) is 0. The first-order chi connectivity index (χ1) is 13.5. The molecule has 0 saturated heterocycles. The fourth-order valence-electron chi connectivity index (χ4n) is 3.60. The maximum absolute atomic E-state index is 6.03. The summed E-state index contributed by atoms with van der Waals surface area (Å²) in [6, 6.07) is 16.4. The predicted octanol–water partition coefficient (Wildman–Crippen LogP) is 5.94. The van der Waals surface area contributed by atoms with E-state index in [1.807, 2.05) is 30.6 Å². The lowest BCUT2D eigenvalue weighted by Gasteiger charge is -2.13. The van der Waals surface area contributed by atoms with Crippen molar-refractivity contribution in [3.63, 3.8) is 0 Å². The molecular weight excluding hydrogens is 346 g/mol. The molecule has 2 aromatic heterocycles. The highest BCUT2D eigenvalue weighted by molar-refractivity contribution is 6.03. The monoisotopic (exact) mass is 373 g/mol. The van der Waals surface area contributed by atoms with Crippen LogP contribution in [0, 0.1) is 5.92 Å². The van der Waals surface area contributed by atoms with E-state index in [4.69, 9.17) is 14.7 Å². The average molecular weight is 374 g/mol. The van der Waals surface area contributed by atoms with Crippen LogP contribution in [0.4, 0.5) is 0 Å². The Morgan fingerprint density at radius 1 is 1.00 bits per heavy atom. The van der Waals surface area contributed by atoms with Crippen LogP contribution in [0.2, 0.25) is 0 Å². The molecule has 0 saturated carbocycles. The molecule has 0 bridgehead atoms. The van der Waals surface area contributed by atoms with E-state index >= 15 is 0 Å².